The molecule has 1 heterocycles. The number of fused-ring (bicyclic) bond motifs is 5. The summed E-state index contributed by atoms with van der Waals surface area (Å²) in [5.41, 5.74) is -4.08. The summed E-state index contributed by atoms with van der Waals surface area (Å²) in [5, 5.41) is 13.9. The van der Waals surface area contributed by atoms with Crippen molar-refractivity contribution in [1.29, 1.82) is 0 Å². The molecule has 5 rings (SSSR count). The largest absolute Gasteiger partial charge is 0.455 e. The lowest BCUT2D eigenvalue weighted by atomic mass is 9.44. The van der Waals surface area contributed by atoms with Crippen LogP contribution in [-0.4, -0.2) is 94.9 Å². The standard InChI is InChI=1S/C42H66O10Si2/c1-13-53(14-2,15-3)51-30-25-42(46)37(49-38(45)29-22-20-19-21-23-29)35-40(11,36(44)34(47-12)33(27(30)7)39(42,9)10)31(52-54(16-4,17-5)18-6)24-32-41(35,26-48-32)50-28(8)43/h19-23,30-32,34-35,37,46H,13-18,24-26H2,1-12H3/t30-,31+,32-,34-,35+,37+,40-,41+,42-/m1/s1. The summed E-state index contributed by atoms with van der Waals surface area (Å²) < 4.78 is 40.3. The van der Waals surface area contributed by atoms with Crippen LogP contribution in [0.3, 0.4) is 0 Å². The zero-order valence-electron chi connectivity index (χ0n) is 34.8. The molecular formula is C42H66O10Si2. The predicted molar refractivity (Wildman–Crippen MR) is 212 cm³/mol. The van der Waals surface area contributed by atoms with Crippen LogP contribution in [0.1, 0.15) is 99.4 Å². The minimum absolute atomic E-state index is 0.0257. The minimum atomic E-state index is -2.40. The topological polar surface area (TPSA) is 127 Å². The van der Waals surface area contributed by atoms with Crippen LogP contribution in [0.2, 0.25) is 36.3 Å². The molecular weight excluding hydrogens is 721 g/mol. The Morgan fingerprint density at radius 1 is 0.907 bits per heavy atom. The molecule has 0 spiro atoms. The summed E-state index contributed by atoms with van der Waals surface area (Å²) in [5.74, 6) is -2.52. The fourth-order valence-electron chi connectivity index (χ4n) is 10.7. The van der Waals surface area contributed by atoms with Crippen LogP contribution in [0.15, 0.2) is 41.5 Å². The summed E-state index contributed by atoms with van der Waals surface area (Å²) in [6, 6.07) is 13.8. The van der Waals surface area contributed by atoms with Crippen molar-refractivity contribution in [2.45, 2.75) is 167 Å². The van der Waals surface area contributed by atoms with E-state index in [4.69, 9.17) is 27.8 Å². The maximum atomic E-state index is 16.0. The van der Waals surface area contributed by atoms with Gasteiger partial charge >= 0.3 is 11.9 Å². The van der Waals surface area contributed by atoms with Crippen LogP contribution in [0.25, 0.3) is 0 Å². The smallest absolute Gasteiger partial charge is 0.338 e. The highest BCUT2D eigenvalue weighted by Gasteiger charge is 2.78. The van der Waals surface area contributed by atoms with Crippen LogP contribution in [0.5, 0.6) is 0 Å². The molecule has 4 aliphatic rings. The summed E-state index contributed by atoms with van der Waals surface area (Å²) in [6.07, 6.45) is -4.00. The Labute approximate surface area is 325 Å². The number of hydrogen-bond acceptors (Lipinski definition) is 10. The zero-order valence-corrected chi connectivity index (χ0v) is 36.8. The molecule has 3 aliphatic carbocycles. The van der Waals surface area contributed by atoms with Crippen molar-refractivity contribution >= 4 is 34.4 Å². The molecule has 1 N–H and O–H groups in total. The number of rotatable bonds is 14. The number of hydrogen-bond donors (Lipinski definition) is 1. The Morgan fingerprint density at radius 3 is 1.94 bits per heavy atom. The third-order valence-electron chi connectivity index (χ3n) is 14.8. The number of carbonyl (C=O) groups is 3. The Bertz CT molecular complexity index is 1570. The van der Waals surface area contributed by atoms with E-state index in [2.05, 4.69) is 41.5 Å². The Balaban J connectivity index is 1.88. The molecule has 10 nitrogen and oxygen atoms in total. The van der Waals surface area contributed by atoms with Gasteiger partial charge < -0.3 is 32.9 Å². The third kappa shape index (κ3) is 6.53. The monoisotopic (exact) mass is 786 g/mol. The van der Waals surface area contributed by atoms with Crippen LogP contribution in [0.4, 0.5) is 0 Å². The molecule has 1 aliphatic heterocycles. The van der Waals surface area contributed by atoms with Gasteiger partial charge in [0.05, 0.1) is 35.7 Å². The molecule has 0 aromatic heterocycles. The van der Waals surface area contributed by atoms with E-state index in [0.717, 1.165) is 41.8 Å². The minimum Gasteiger partial charge on any atom is -0.455 e. The van der Waals surface area contributed by atoms with Crippen molar-refractivity contribution in [2.24, 2.45) is 16.7 Å². The van der Waals surface area contributed by atoms with Gasteiger partial charge in [-0.3, -0.25) is 9.59 Å². The van der Waals surface area contributed by atoms with Crippen molar-refractivity contribution in [2.75, 3.05) is 13.7 Å². The van der Waals surface area contributed by atoms with Gasteiger partial charge in [0, 0.05) is 32.3 Å². The van der Waals surface area contributed by atoms with Gasteiger partial charge in [0.2, 0.25) is 0 Å². The number of methoxy groups -OCH3 is 1. The van der Waals surface area contributed by atoms with Gasteiger partial charge in [0.25, 0.3) is 0 Å². The molecule has 302 valence electrons. The van der Waals surface area contributed by atoms with Crippen molar-refractivity contribution in [3.8, 4) is 0 Å². The van der Waals surface area contributed by atoms with Crippen molar-refractivity contribution in [3.05, 3.63) is 47.0 Å². The molecule has 2 saturated carbocycles. The first-order valence-corrected chi connectivity index (χ1v) is 25.4. The lowest BCUT2D eigenvalue weighted by Gasteiger charge is -2.68. The molecule has 2 bridgehead atoms. The van der Waals surface area contributed by atoms with Crippen LogP contribution < -0.4 is 0 Å². The van der Waals surface area contributed by atoms with E-state index in [9.17, 15) is 14.7 Å². The van der Waals surface area contributed by atoms with Gasteiger partial charge in [-0.15, -0.1) is 0 Å². The van der Waals surface area contributed by atoms with Gasteiger partial charge in [-0.05, 0) is 73.4 Å². The van der Waals surface area contributed by atoms with E-state index in [-0.39, 0.29) is 18.8 Å². The summed E-state index contributed by atoms with van der Waals surface area (Å²) in [6.45, 7) is 21.9. The highest BCUT2D eigenvalue weighted by molar-refractivity contribution is 6.74. The highest BCUT2D eigenvalue weighted by atomic mass is 28.4. The molecule has 12 heteroatoms. The van der Waals surface area contributed by atoms with Gasteiger partial charge in [-0.2, -0.15) is 0 Å². The summed E-state index contributed by atoms with van der Waals surface area (Å²) in [7, 11) is -3.16. The SMILES string of the molecule is CC[Si](CC)(CC)O[C@H]1C[C@H]2OC[C@@]2(OC(C)=O)[C@H]2[C@H](OC(=O)c3ccccc3)[C@]3(O)C[C@@H](O[Si](CC)(CC)CC)C(C)=C([C@@H](OC)C(=O)[C@]12C)C3(C)C. The van der Waals surface area contributed by atoms with Crippen molar-refractivity contribution in [1.82, 2.24) is 0 Å². The number of ketones is 1. The molecule has 54 heavy (non-hydrogen) atoms. The number of ether oxygens (including phenoxy) is 4. The summed E-state index contributed by atoms with van der Waals surface area (Å²) >= 11 is 0. The maximum absolute atomic E-state index is 16.0. The number of aliphatic hydroxyl groups is 1. The molecule has 1 saturated heterocycles. The first kappa shape index (κ1) is 42.9. The van der Waals surface area contributed by atoms with E-state index in [1.807, 2.05) is 33.8 Å². The average Bonchev–Trinajstić information content (AvgIpc) is 3.15. The van der Waals surface area contributed by atoms with Crippen LogP contribution in [-0.2, 0) is 37.4 Å². The van der Waals surface area contributed by atoms with E-state index in [1.54, 1.807) is 24.3 Å². The Kier molecular flexibility index (Phi) is 12.4. The molecule has 1 aromatic rings. The second-order valence-corrected chi connectivity index (χ2v) is 26.5. The van der Waals surface area contributed by atoms with Crippen LogP contribution >= 0.6 is 0 Å². The van der Waals surface area contributed by atoms with E-state index in [0.29, 0.717) is 17.6 Å². The van der Waals surface area contributed by atoms with Crippen molar-refractivity contribution < 1.29 is 47.3 Å². The quantitative estimate of drug-likeness (QED) is 0.113. The normalized spacial score (nSPS) is 34.9. The second kappa shape index (κ2) is 15.6. The number of benzene rings is 1. The lowest BCUT2D eigenvalue weighted by Crippen LogP contribution is -2.82. The first-order chi connectivity index (χ1) is 25.4. The molecule has 0 unspecified atom stereocenters. The van der Waals surface area contributed by atoms with E-state index < -0.39 is 87.0 Å². The Hall–Kier alpha value is -2.20. The van der Waals surface area contributed by atoms with Crippen molar-refractivity contribution in [3.63, 3.8) is 0 Å². The lowest BCUT2D eigenvalue weighted by molar-refractivity contribution is -0.344. The number of Topliss-reactive ketones (excluding diaryl/α,β-unsaturated/α-hetero) is 1. The fraction of sp³-hybridized carbons (Fsp3) is 0.738. The molecule has 0 radical (unpaired) electrons. The van der Waals surface area contributed by atoms with Crippen LogP contribution in [0, 0.1) is 16.7 Å². The van der Waals surface area contributed by atoms with Gasteiger partial charge in [0.1, 0.15) is 23.9 Å². The number of esters is 2. The van der Waals surface area contributed by atoms with Gasteiger partial charge in [-0.25, -0.2) is 4.79 Å². The molecule has 9 atom stereocenters. The van der Waals surface area contributed by atoms with Gasteiger partial charge in [-0.1, -0.05) is 73.6 Å². The maximum Gasteiger partial charge on any atom is 0.338 e. The third-order valence-corrected chi connectivity index (χ3v) is 24.1. The molecule has 0 amide bonds. The molecule has 1 aromatic carbocycles. The second-order valence-electron chi connectivity index (χ2n) is 17.1. The highest BCUT2D eigenvalue weighted by Crippen LogP contribution is 2.65. The average molecular weight is 787 g/mol. The molecule has 3 fully saturated rings. The van der Waals surface area contributed by atoms with E-state index >= 15 is 4.79 Å². The summed E-state index contributed by atoms with van der Waals surface area (Å²) in [4.78, 5) is 43.6. The predicted octanol–water partition coefficient (Wildman–Crippen LogP) is 7.79. The first-order valence-electron chi connectivity index (χ1n) is 20.3. The number of carbonyl (C=O) groups excluding carboxylic acids is 3. The van der Waals surface area contributed by atoms with E-state index in [1.165, 1.54) is 14.0 Å². The fourth-order valence-corrected chi connectivity index (χ4v) is 16.5. The van der Waals surface area contributed by atoms with Gasteiger partial charge in [0.15, 0.2) is 28.0 Å². The Morgan fingerprint density at radius 2 is 1.46 bits per heavy atom. The zero-order chi connectivity index (χ0) is 40.1.